The first-order valence-corrected chi connectivity index (χ1v) is 8.80. The van der Waals surface area contributed by atoms with Gasteiger partial charge in [-0.1, -0.05) is 39.0 Å². The van der Waals surface area contributed by atoms with Gasteiger partial charge in [-0.15, -0.1) is 0 Å². The number of benzene rings is 1. The number of unbranched alkanes of at least 4 members (excludes halogenated alkanes) is 5. The van der Waals surface area contributed by atoms with Crippen LogP contribution in [0.25, 0.3) is 11.1 Å². The summed E-state index contributed by atoms with van der Waals surface area (Å²) in [5.74, 6) is 0.737. The number of methoxy groups -OCH3 is 1. The first-order valence-electron chi connectivity index (χ1n) is 8.01. The minimum atomic E-state index is 0.647. The van der Waals surface area contributed by atoms with Crippen LogP contribution in [0.2, 0.25) is 0 Å². The molecule has 0 atom stereocenters. The fraction of sp³-hybridized carbons (Fsp3) is 0.588. The van der Waals surface area contributed by atoms with Crippen LogP contribution in [0.4, 0.5) is 6.01 Å². The molecule has 0 aliphatic heterocycles. The summed E-state index contributed by atoms with van der Waals surface area (Å²) in [5.41, 5.74) is 1.51. The number of nitrogens with zero attached hydrogens (tertiary/aromatic N) is 2. The van der Waals surface area contributed by atoms with Gasteiger partial charge in [0.25, 0.3) is 6.01 Å². The molecule has 0 saturated heterocycles. The van der Waals surface area contributed by atoms with Crippen molar-refractivity contribution in [2.45, 2.75) is 45.4 Å². The highest BCUT2D eigenvalue weighted by Crippen LogP contribution is 2.34. The van der Waals surface area contributed by atoms with Gasteiger partial charge in [0, 0.05) is 13.6 Å². The van der Waals surface area contributed by atoms with Crippen LogP contribution in [0.1, 0.15) is 45.4 Å². The van der Waals surface area contributed by atoms with E-state index in [1.54, 1.807) is 7.11 Å². The van der Waals surface area contributed by atoms with Crippen molar-refractivity contribution in [3.8, 4) is 5.75 Å². The zero-order valence-corrected chi connectivity index (χ0v) is 15.3. The van der Waals surface area contributed by atoms with E-state index < -0.39 is 0 Å². The van der Waals surface area contributed by atoms with Crippen LogP contribution in [0.5, 0.6) is 5.75 Å². The number of fused-ring (bicyclic) bond motifs is 1. The summed E-state index contributed by atoms with van der Waals surface area (Å²) in [4.78, 5) is 6.65. The Morgan fingerprint density at radius 2 is 1.91 bits per heavy atom. The number of halogens is 1. The van der Waals surface area contributed by atoms with Gasteiger partial charge in [0.05, 0.1) is 11.6 Å². The molecule has 1 aromatic carbocycles. The topological polar surface area (TPSA) is 38.5 Å². The Kier molecular flexibility index (Phi) is 6.55. The number of ether oxygens (including phenoxy) is 1. The SMILES string of the molecule is CCCCCCCCN(C)c1nc2c(OC)ccc(Br)c2o1. The Morgan fingerprint density at radius 3 is 2.64 bits per heavy atom. The molecular weight excluding hydrogens is 344 g/mol. The van der Waals surface area contributed by atoms with Crippen molar-refractivity contribution in [3.63, 3.8) is 0 Å². The molecule has 1 heterocycles. The predicted octanol–water partition coefficient (Wildman–Crippen LogP) is 5.40. The number of rotatable bonds is 9. The lowest BCUT2D eigenvalue weighted by molar-refractivity contribution is 0.419. The van der Waals surface area contributed by atoms with Crippen LogP contribution >= 0.6 is 15.9 Å². The number of oxazole rings is 1. The Bertz CT molecular complexity index is 598. The maximum atomic E-state index is 5.89. The van der Waals surface area contributed by atoms with Crippen molar-refractivity contribution in [1.29, 1.82) is 0 Å². The molecule has 0 spiro atoms. The van der Waals surface area contributed by atoms with Crippen molar-refractivity contribution >= 4 is 33.0 Å². The number of anilines is 1. The van der Waals surface area contributed by atoms with Crippen molar-refractivity contribution in [1.82, 2.24) is 4.98 Å². The fourth-order valence-corrected chi connectivity index (χ4v) is 2.90. The number of aromatic nitrogens is 1. The third-order valence-electron chi connectivity index (χ3n) is 3.84. The van der Waals surface area contributed by atoms with Crippen LogP contribution in [0.3, 0.4) is 0 Å². The Labute approximate surface area is 141 Å². The van der Waals surface area contributed by atoms with Gasteiger partial charge in [0.15, 0.2) is 11.1 Å². The molecule has 0 unspecified atom stereocenters. The fourth-order valence-electron chi connectivity index (χ4n) is 2.49. The molecule has 0 N–H and O–H groups in total. The normalized spacial score (nSPS) is 11.1. The molecule has 122 valence electrons. The van der Waals surface area contributed by atoms with Gasteiger partial charge in [0.1, 0.15) is 5.75 Å². The maximum absolute atomic E-state index is 5.89. The van der Waals surface area contributed by atoms with Crippen molar-refractivity contribution in [2.24, 2.45) is 0 Å². The van der Waals surface area contributed by atoms with Crippen molar-refractivity contribution in [3.05, 3.63) is 16.6 Å². The summed E-state index contributed by atoms with van der Waals surface area (Å²) in [7, 11) is 3.67. The molecule has 0 bridgehead atoms. The minimum Gasteiger partial charge on any atom is -0.494 e. The summed E-state index contributed by atoms with van der Waals surface area (Å²) in [6.07, 6.45) is 7.71. The lowest BCUT2D eigenvalue weighted by atomic mass is 10.1. The van der Waals surface area contributed by atoms with Gasteiger partial charge in [0.2, 0.25) is 0 Å². The van der Waals surface area contributed by atoms with E-state index in [0.29, 0.717) is 6.01 Å². The maximum Gasteiger partial charge on any atom is 0.298 e. The zero-order chi connectivity index (χ0) is 15.9. The van der Waals surface area contributed by atoms with Crippen molar-refractivity contribution < 1.29 is 9.15 Å². The molecule has 5 heteroatoms. The van der Waals surface area contributed by atoms with Crippen LogP contribution in [-0.2, 0) is 0 Å². The molecule has 0 saturated carbocycles. The van der Waals surface area contributed by atoms with E-state index in [2.05, 4.69) is 32.7 Å². The highest BCUT2D eigenvalue weighted by molar-refractivity contribution is 9.10. The van der Waals surface area contributed by atoms with Gasteiger partial charge in [-0.3, -0.25) is 0 Å². The molecule has 0 radical (unpaired) electrons. The second-order valence-electron chi connectivity index (χ2n) is 5.61. The minimum absolute atomic E-state index is 0.647. The van der Waals surface area contributed by atoms with E-state index in [9.17, 15) is 0 Å². The van der Waals surface area contributed by atoms with E-state index in [-0.39, 0.29) is 0 Å². The van der Waals surface area contributed by atoms with Gasteiger partial charge >= 0.3 is 0 Å². The highest BCUT2D eigenvalue weighted by Gasteiger charge is 2.15. The third kappa shape index (κ3) is 4.15. The van der Waals surface area contributed by atoms with E-state index in [1.165, 1.54) is 32.1 Å². The summed E-state index contributed by atoms with van der Waals surface area (Å²) < 4.78 is 12.1. The molecule has 0 amide bonds. The average Bonchev–Trinajstić information content (AvgIpc) is 2.97. The lowest BCUT2D eigenvalue weighted by Crippen LogP contribution is -2.18. The van der Waals surface area contributed by atoms with Gasteiger partial charge in [-0.05, 0) is 34.5 Å². The molecule has 0 aliphatic rings. The highest BCUT2D eigenvalue weighted by atomic mass is 79.9. The Morgan fingerprint density at radius 1 is 1.18 bits per heavy atom. The van der Waals surface area contributed by atoms with Crippen LogP contribution < -0.4 is 9.64 Å². The van der Waals surface area contributed by atoms with Crippen LogP contribution in [-0.4, -0.2) is 25.7 Å². The zero-order valence-electron chi connectivity index (χ0n) is 13.7. The monoisotopic (exact) mass is 368 g/mol. The smallest absolute Gasteiger partial charge is 0.298 e. The molecule has 0 aliphatic carbocycles. The van der Waals surface area contributed by atoms with Gasteiger partial charge in [-0.25, -0.2) is 0 Å². The van der Waals surface area contributed by atoms with E-state index >= 15 is 0 Å². The Balaban J connectivity index is 1.97. The molecule has 1 aromatic heterocycles. The summed E-state index contributed by atoms with van der Waals surface area (Å²) in [6, 6.07) is 4.46. The van der Waals surface area contributed by atoms with E-state index in [1.807, 2.05) is 19.2 Å². The average molecular weight is 369 g/mol. The molecular formula is C17H25BrN2O2. The molecule has 2 rings (SSSR count). The third-order valence-corrected chi connectivity index (χ3v) is 4.47. The van der Waals surface area contributed by atoms with Crippen LogP contribution in [0.15, 0.2) is 21.0 Å². The molecule has 2 aromatic rings. The van der Waals surface area contributed by atoms with E-state index in [4.69, 9.17) is 9.15 Å². The lowest BCUT2D eigenvalue weighted by Gasteiger charge is -2.13. The summed E-state index contributed by atoms with van der Waals surface area (Å²) in [5, 5.41) is 0. The predicted molar refractivity (Wildman–Crippen MR) is 94.9 cm³/mol. The summed E-state index contributed by atoms with van der Waals surface area (Å²) >= 11 is 3.50. The first-order chi connectivity index (χ1) is 10.7. The number of hydrogen-bond donors (Lipinski definition) is 0. The summed E-state index contributed by atoms with van der Waals surface area (Å²) in [6.45, 7) is 3.20. The standard InChI is InChI=1S/C17H25BrN2O2/c1-4-5-6-7-8-9-12-20(2)17-19-15-14(21-3)11-10-13(18)16(15)22-17/h10-11H,4-9,12H2,1-3H3. The second-order valence-corrected chi connectivity index (χ2v) is 6.47. The second kappa shape index (κ2) is 8.42. The van der Waals surface area contributed by atoms with E-state index in [0.717, 1.165) is 34.3 Å². The Hall–Kier alpha value is -1.23. The molecule has 22 heavy (non-hydrogen) atoms. The molecule has 4 nitrogen and oxygen atoms in total. The van der Waals surface area contributed by atoms with Crippen LogP contribution in [0, 0.1) is 0 Å². The quantitative estimate of drug-likeness (QED) is 0.555. The number of hydrogen-bond acceptors (Lipinski definition) is 4. The van der Waals surface area contributed by atoms with Gasteiger partial charge < -0.3 is 14.1 Å². The van der Waals surface area contributed by atoms with Gasteiger partial charge in [-0.2, -0.15) is 4.98 Å². The molecule has 0 fully saturated rings. The largest absolute Gasteiger partial charge is 0.494 e. The first kappa shape index (κ1) is 17.1. The van der Waals surface area contributed by atoms with Crippen molar-refractivity contribution in [2.75, 3.05) is 25.6 Å².